The van der Waals surface area contributed by atoms with Gasteiger partial charge in [0.1, 0.15) is 17.6 Å². The number of likely N-dealkylation sites (N-methyl/N-ethyl adjacent to an activating group) is 1. The van der Waals surface area contributed by atoms with E-state index in [2.05, 4.69) is 79.8 Å². The minimum atomic E-state index is 0.156. The Morgan fingerprint density at radius 1 is 1.03 bits per heavy atom. The lowest BCUT2D eigenvalue weighted by Crippen LogP contribution is -2.44. The number of fused-ring (bicyclic) bond motifs is 1. The number of nitrogens with one attached hydrogen (secondary N) is 1. The second kappa shape index (κ2) is 9.84. The van der Waals surface area contributed by atoms with Crippen molar-refractivity contribution in [3.05, 3.63) is 59.7 Å². The Labute approximate surface area is 181 Å². The van der Waals surface area contributed by atoms with E-state index in [0.29, 0.717) is 18.2 Å². The first-order valence-corrected chi connectivity index (χ1v) is 11.5. The maximum Gasteiger partial charge on any atom is 0.124 e. The van der Waals surface area contributed by atoms with E-state index >= 15 is 0 Å². The molecule has 4 rings (SSSR count). The van der Waals surface area contributed by atoms with Crippen molar-refractivity contribution >= 4 is 0 Å². The summed E-state index contributed by atoms with van der Waals surface area (Å²) in [5.74, 6) is 2.00. The van der Waals surface area contributed by atoms with Crippen LogP contribution < -0.4 is 14.8 Å². The smallest absolute Gasteiger partial charge is 0.124 e. The van der Waals surface area contributed by atoms with Gasteiger partial charge in [0.15, 0.2) is 0 Å². The van der Waals surface area contributed by atoms with Gasteiger partial charge in [0.05, 0.1) is 6.10 Å². The second-order valence-electron chi connectivity index (χ2n) is 9.25. The lowest BCUT2D eigenvalue weighted by Gasteiger charge is -2.32. The molecule has 2 aromatic carbocycles. The monoisotopic (exact) mass is 408 g/mol. The van der Waals surface area contributed by atoms with Gasteiger partial charge in [-0.2, -0.15) is 0 Å². The van der Waals surface area contributed by atoms with Crippen LogP contribution in [0.4, 0.5) is 0 Å². The molecule has 1 N–H and O–H groups in total. The van der Waals surface area contributed by atoms with Crippen LogP contribution in [-0.2, 0) is 6.42 Å². The fourth-order valence-corrected chi connectivity index (χ4v) is 4.88. The second-order valence-corrected chi connectivity index (χ2v) is 9.25. The van der Waals surface area contributed by atoms with Crippen LogP contribution in [0.2, 0.25) is 0 Å². The number of aryl methyl sites for hydroxylation is 1. The van der Waals surface area contributed by atoms with Gasteiger partial charge in [0.2, 0.25) is 0 Å². The zero-order valence-electron chi connectivity index (χ0n) is 18.6. The van der Waals surface area contributed by atoms with E-state index in [-0.39, 0.29) is 6.10 Å². The molecule has 2 atom stereocenters. The molecule has 2 aliphatic rings. The standard InChI is InChI=1S/C26H36N2O2/c1-19(18-28(2)3)27-22-10-12-23(13-11-22)29-24-14-16-26-21(17-24)9-15-25(30-26)20-7-5-4-6-8-20/h4-8,14,16-17,19,22-23,25,27H,9-13,15,18H2,1-3H3. The molecule has 162 valence electrons. The molecular weight excluding hydrogens is 372 g/mol. The van der Waals surface area contributed by atoms with E-state index < -0.39 is 0 Å². The van der Waals surface area contributed by atoms with Gasteiger partial charge >= 0.3 is 0 Å². The van der Waals surface area contributed by atoms with Crippen LogP contribution in [0.1, 0.15) is 56.3 Å². The van der Waals surface area contributed by atoms with Crippen molar-refractivity contribution in [1.29, 1.82) is 0 Å². The Balaban J connectivity index is 1.28. The predicted molar refractivity (Wildman–Crippen MR) is 122 cm³/mol. The molecule has 0 amide bonds. The Morgan fingerprint density at radius 3 is 2.53 bits per heavy atom. The van der Waals surface area contributed by atoms with Crippen LogP contribution in [0.15, 0.2) is 48.5 Å². The first-order valence-electron chi connectivity index (χ1n) is 11.5. The molecule has 0 spiro atoms. The molecule has 0 bridgehead atoms. The van der Waals surface area contributed by atoms with Crippen LogP contribution in [-0.4, -0.2) is 43.7 Å². The van der Waals surface area contributed by atoms with E-state index in [9.17, 15) is 0 Å². The zero-order valence-corrected chi connectivity index (χ0v) is 18.6. The minimum Gasteiger partial charge on any atom is -0.490 e. The Kier molecular flexibility index (Phi) is 6.96. The molecular formula is C26H36N2O2. The number of ether oxygens (including phenoxy) is 2. The molecule has 1 fully saturated rings. The van der Waals surface area contributed by atoms with Crippen LogP contribution in [0.25, 0.3) is 0 Å². The van der Waals surface area contributed by atoms with Crippen molar-refractivity contribution in [3.8, 4) is 11.5 Å². The topological polar surface area (TPSA) is 33.7 Å². The third-order valence-corrected chi connectivity index (χ3v) is 6.28. The predicted octanol–water partition coefficient (Wildman–Crippen LogP) is 4.98. The van der Waals surface area contributed by atoms with Crippen molar-refractivity contribution < 1.29 is 9.47 Å². The number of rotatable bonds is 7. The molecule has 1 saturated carbocycles. The maximum absolute atomic E-state index is 6.36. The van der Waals surface area contributed by atoms with E-state index in [1.807, 2.05) is 0 Å². The highest BCUT2D eigenvalue weighted by Gasteiger charge is 2.25. The van der Waals surface area contributed by atoms with Gasteiger partial charge < -0.3 is 19.7 Å². The molecule has 0 radical (unpaired) electrons. The highest BCUT2D eigenvalue weighted by molar-refractivity contribution is 5.42. The molecule has 1 aliphatic carbocycles. The van der Waals surface area contributed by atoms with Gasteiger partial charge in [-0.3, -0.25) is 0 Å². The molecule has 4 heteroatoms. The van der Waals surface area contributed by atoms with Crippen LogP contribution in [0.5, 0.6) is 11.5 Å². The van der Waals surface area contributed by atoms with Crippen molar-refractivity contribution in [2.24, 2.45) is 0 Å². The third kappa shape index (κ3) is 5.55. The van der Waals surface area contributed by atoms with Gasteiger partial charge in [0, 0.05) is 18.6 Å². The third-order valence-electron chi connectivity index (χ3n) is 6.28. The van der Waals surface area contributed by atoms with Gasteiger partial charge in [-0.15, -0.1) is 0 Å². The Morgan fingerprint density at radius 2 is 1.80 bits per heavy atom. The number of hydrogen-bond donors (Lipinski definition) is 1. The SMILES string of the molecule is CC(CN(C)C)NC1CCC(Oc2ccc3c(c2)CCC(c2ccccc2)O3)CC1. The van der Waals surface area contributed by atoms with Gasteiger partial charge in [-0.05, 0) is 88.9 Å². The molecule has 0 aromatic heterocycles. The average Bonchev–Trinajstić information content (AvgIpc) is 2.75. The molecule has 1 aliphatic heterocycles. The summed E-state index contributed by atoms with van der Waals surface area (Å²) in [6.07, 6.45) is 7.15. The van der Waals surface area contributed by atoms with E-state index in [0.717, 1.165) is 43.7 Å². The van der Waals surface area contributed by atoms with Crippen LogP contribution >= 0.6 is 0 Å². The van der Waals surface area contributed by atoms with Crippen LogP contribution in [0, 0.1) is 0 Å². The van der Waals surface area contributed by atoms with Crippen LogP contribution in [0.3, 0.4) is 0 Å². The van der Waals surface area contributed by atoms with Crippen molar-refractivity contribution in [2.75, 3.05) is 20.6 Å². The fraction of sp³-hybridized carbons (Fsp3) is 0.538. The minimum absolute atomic E-state index is 0.156. The quantitative estimate of drug-likeness (QED) is 0.700. The summed E-state index contributed by atoms with van der Waals surface area (Å²) in [5.41, 5.74) is 2.53. The van der Waals surface area contributed by atoms with E-state index in [1.165, 1.54) is 24.0 Å². The fourth-order valence-electron chi connectivity index (χ4n) is 4.88. The highest BCUT2D eigenvalue weighted by atomic mass is 16.5. The Hall–Kier alpha value is -2.04. The molecule has 0 saturated heterocycles. The zero-order chi connectivity index (χ0) is 20.9. The molecule has 2 unspecified atom stereocenters. The summed E-state index contributed by atoms with van der Waals surface area (Å²) in [6, 6.07) is 18.0. The average molecular weight is 409 g/mol. The lowest BCUT2D eigenvalue weighted by molar-refractivity contribution is 0.134. The summed E-state index contributed by atoms with van der Waals surface area (Å²) in [4.78, 5) is 2.24. The summed E-state index contributed by atoms with van der Waals surface area (Å²) < 4.78 is 12.6. The first-order chi connectivity index (χ1) is 14.6. The largest absolute Gasteiger partial charge is 0.490 e. The summed E-state index contributed by atoms with van der Waals surface area (Å²) in [5, 5.41) is 3.78. The summed E-state index contributed by atoms with van der Waals surface area (Å²) in [6.45, 7) is 3.36. The first kappa shape index (κ1) is 21.2. The number of benzene rings is 2. The molecule has 2 aromatic rings. The van der Waals surface area contributed by atoms with Crippen molar-refractivity contribution in [2.45, 2.75) is 69.7 Å². The Bertz CT molecular complexity index is 800. The maximum atomic E-state index is 6.36. The van der Waals surface area contributed by atoms with Gasteiger partial charge in [0.25, 0.3) is 0 Å². The van der Waals surface area contributed by atoms with Gasteiger partial charge in [-0.25, -0.2) is 0 Å². The molecule has 4 nitrogen and oxygen atoms in total. The normalized spacial score (nSPS) is 24.7. The summed E-state index contributed by atoms with van der Waals surface area (Å²) in [7, 11) is 4.27. The number of nitrogens with zero attached hydrogens (tertiary/aromatic N) is 1. The van der Waals surface area contributed by atoms with E-state index in [4.69, 9.17) is 9.47 Å². The number of hydrogen-bond acceptors (Lipinski definition) is 4. The molecule has 30 heavy (non-hydrogen) atoms. The molecule has 1 heterocycles. The van der Waals surface area contributed by atoms with Gasteiger partial charge in [-0.1, -0.05) is 30.3 Å². The van der Waals surface area contributed by atoms with E-state index in [1.54, 1.807) is 0 Å². The van der Waals surface area contributed by atoms with Crippen molar-refractivity contribution in [3.63, 3.8) is 0 Å². The lowest BCUT2D eigenvalue weighted by atomic mass is 9.92. The summed E-state index contributed by atoms with van der Waals surface area (Å²) >= 11 is 0. The highest BCUT2D eigenvalue weighted by Crippen LogP contribution is 2.37. The van der Waals surface area contributed by atoms with Crippen molar-refractivity contribution in [1.82, 2.24) is 10.2 Å².